The molecule has 2 amide bonds. The molecule has 5 nitrogen and oxygen atoms in total. The lowest BCUT2D eigenvalue weighted by Gasteiger charge is -2.17. The highest BCUT2D eigenvalue weighted by molar-refractivity contribution is 5.74. The minimum Gasteiger partial charge on any atom is -0.481 e. The molecule has 0 radical (unpaired) electrons. The van der Waals surface area contributed by atoms with Gasteiger partial charge in [0.2, 0.25) is 0 Å². The summed E-state index contributed by atoms with van der Waals surface area (Å²) in [5, 5.41) is 11.7. The highest BCUT2D eigenvalue weighted by Crippen LogP contribution is 2.50. The van der Waals surface area contributed by atoms with Crippen LogP contribution in [-0.2, 0) is 4.79 Å². The fourth-order valence-corrected chi connectivity index (χ4v) is 2.68. The molecular formula is C13H22N2O3. The van der Waals surface area contributed by atoms with Crippen molar-refractivity contribution in [3.63, 3.8) is 0 Å². The van der Waals surface area contributed by atoms with E-state index in [4.69, 9.17) is 5.11 Å². The van der Waals surface area contributed by atoms with Crippen LogP contribution >= 0.6 is 0 Å². The third-order valence-corrected chi connectivity index (χ3v) is 4.25. The summed E-state index contributed by atoms with van der Waals surface area (Å²) in [7, 11) is 0. The number of urea groups is 1. The largest absolute Gasteiger partial charge is 0.481 e. The fraction of sp³-hybridized carbons (Fsp3) is 0.846. The molecule has 0 aromatic heterocycles. The van der Waals surface area contributed by atoms with E-state index in [9.17, 15) is 9.59 Å². The van der Waals surface area contributed by atoms with Crippen LogP contribution in [0.25, 0.3) is 0 Å². The number of likely N-dealkylation sites (tertiary alicyclic amines) is 1. The zero-order valence-corrected chi connectivity index (χ0v) is 11.1. The molecule has 0 spiro atoms. The zero-order valence-electron chi connectivity index (χ0n) is 11.1. The third-order valence-electron chi connectivity index (χ3n) is 4.25. The number of nitrogens with zero attached hydrogens (tertiary/aromatic N) is 1. The van der Waals surface area contributed by atoms with Crippen molar-refractivity contribution in [1.82, 2.24) is 10.2 Å². The molecule has 1 aliphatic carbocycles. The summed E-state index contributed by atoms with van der Waals surface area (Å²) >= 11 is 0. The Hall–Kier alpha value is -1.26. The van der Waals surface area contributed by atoms with E-state index in [1.165, 1.54) is 6.42 Å². The summed E-state index contributed by atoms with van der Waals surface area (Å²) in [4.78, 5) is 24.2. The SMILES string of the molecule is CC1(C)CC1CNC(=O)N1CCC(CC(=O)O)C1. The molecule has 102 valence electrons. The van der Waals surface area contributed by atoms with Gasteiger partial charge in [-0.2, -0.15) is 0 Å². The molecule has 1 heterocycles. The first kappa shape index (κ1) is 13.2. The lowest BCUT2D eigenvalue weighted by Crippen LogP contribution is -2.39. The van der Waals surface area contributed by atoms with Gasteiger partial charge in [-0.25, -0.2) is 4.79 Å². The monoisotopic (exact) mass is 254 g/mol. The molecule has 2 aliphatic rings. The average Bonchev–Trinajstić information content (AvgIpc) is 2.69. The minimum absolute atomic E-state index is 0.0365. The number of amides is 2. The van der Waals surface area contributed by atoms with Crippen LogP contribution in [0.15, 0.2) is 0 Å². The number of hydrogen-bond donors (Lipinski definition) is 2. The van der Waals surface area contributed by atoms with Gasteiger partial charge in [0.1, 0.15) is 0 Å². The number of carboxylic acid groups (broad SMARTS) is 1. The van der Waals surface area contributed by atoms with E-state index in [0.29, 0.717) is 24.4 Å². The summed E-state index contributed by atoms with van der Waals surface area (Å²) in [6.07, 6.45) is 2.14. The van der Waals surface area contributed by atoms with Gasteiger partial charge in [0, 0.05) is 26.1 Å². The first-order valence-electron chi connectivity index (χ1n) is 6.63. The molecule has 0 aromatic rings. The molecule has 18 heavy (non-hydrogen) atoms. The van der Waals surface area contributed by atoms with Crippen LogP contribution in [0.5, 0.6) is 0 Å². The van der Waals surface area contributed by atoms with Gasteiger partial charge in [-0.3, -0.25) is 4.79 Å². The van der Waals surface area contributed by atoms with Gasteiger partial charge in [0.25, 0.3) is 0 Å². The van der Waals surface area contributed by atoms with Crippen LogP contribution in [0, 0.1) is 17.3 Å². The van der Waals surface area contributed by atoms with Crippen LogP contribution in [0.4, 0.5) is 4.79 Å². The van der Waals surface area contributed by atoms with Crippen molar-refractivity contribution in [2.24, 2.45) is 17.3 Å². The predicted molar refractivity (Wildman–Crippen MR) is 67.2 cm³/mol. The molecule has 1 saturated carbocycles. The highest BCUT2D eigenvalue weighted by Gasteiger charge is 2.45. The molecule has 2 atom stereocenters. The second kappa shape index (κ2) is 4.78. The van der Waals surface area contributed by atoms with Crippen LogP contribution in [0.3, 0.4) is 0 Å². The van der Waals surface area contributed by atoms with E-state index in [0.717, 1.165) is 13.0 Å². The van der Waals surface area contributed by atoms with Crippen LogP contribution in [0.1, 0.15) is 33.1 Å². The number of rotatable bonds is 4. The van der Waals surface area contributed by atoms with Crippen molar-refractivity contribution in [3.8, 4) is 0 Å². The number of carboxylic acids is 1. The van der Waals surface area contributed by atoms with Gasteiger partial charge in [0.05, 0.1) is 0 Å². The Morgan fingerprint density at radius 3 is 2.67 bits per heavy atom. The van der Waals surface area contributed by atoms with Gasteiger partial charge >= 0.3 is 12.0 Å². The summed E-state index contributed by atoms with van der Waals surface area (Å²) in [6.45, 7) is 6.42. The van der Waals surface area contributed by atoms with E-state index < -0.39 is 5.97 Å². The van der Waals surface area contributed by atoms with E-state index in [1.807, 2.05) is 0 Å². The fourth-order valence-electron chi connectivity index (χ4n) is 2.68. The Labute approximate surface area is 108 Å². The van der Waals surface area contributed by atoms with E-state index in [-0.39, 0.29) is 18.4 Å². The molecule has 2 unspecified atom stereocenters. The molecule has 0 aromatic carbocycles. The van der Waals surface area contributed by atoms with Gasteiger partial charge < -0.3 is 15.3 Å². The molecular weight excluding hydrogens is 232 g/mol. The summed E-state index contributed by atoms with van der Waals surface area (Å²) in [6, 6.07) is -0.0365. The third kappa shape index (κ3) is 3.15. The van der Waals surface area contributed by atoms with Gasteiger partial charge in [0.15, 0.2) is 0 Å². The van der Waals surface area contributed by atoms with Crippen LogP contribution < -0.4 is 5.32 Å². The van der Waals surface area contributed by atoms with Crippen molar-refractivity contribution in [2.45, 2.75) is 33.1 Å². The van der Waals surface area contributed by atoms with Crippen molar-refractivity contribution in [1.29, 1.82) is 0 Å². The van der Waals surface area contributed by atoms with Crippen molar-refractivity contribution in [3.05, 3.63) is 0 Å². The predicted octanol–water partition coefficient (Wildman–Crippen LogP) is 1.54. The van der Waals surface area contributed by atoms with Crippen LogP contribution in [0.2, 0.25) is 0 Å². The number of carbonyl (C=O) groups is 2. The van der Waals surface area contributed by atoms with E-state index in [1.54, 1.807) is 4.90 Å². The molecule has 2 rings (SSSR count). The number of carbonyl (C=O) groups excluding carboxylic acids is 1. The zero-order chi connectivity index (χ0) is 13.3. The van der Waals surface area contributed by atoms with Crippen molar-refractivity contribution < 1.29 is 14.7 Å². The first-order chi connectivity index (χ1) is 8.38. The molecule has 2 N–H and O–H groups in total. The summed E-state index contributed by atoms with van der Waals surface area (Å²) < 4.78 is 0. The minimum atomic E-state index is -0.776. The quantitative estimate of drug-likeness (QED) is 0.799. The number of hydrogen-bond acceptors (Lipinski definition) is 2. The molecule has 0 bridgehead atoms. The number of aliphatic carboxylic acids is 1. The lowest BCUT2D eigenvalue weighted by atomic mass is 10.1. The molecule has 2 fully saturated rings. The number of nitrogens with one attached hydrogen (secondary N) is 1. The standard InChI is InChI=1S/C13H22N2O3/c1-13(2)6-10(13)7-14-12(18)15-4-3-9(8-15)5-11(16)17/h9-10H,3-8H2,1-2H3,(H,14,18)(H,16,17). The molecule has 1 saturated heterocycles. The van der Waals surface area contributed by atoms with Crippen molar-refractivity contribution >= 4 is 12.0 Å². The maximum Gasteiger partial charge on any atom is 0.317 e. The Morgan fingerprint density at radius 2 is 2.11 bits per heavy atom. The van der Waals surface area contributed by atoms with Crippen molar-refractivity contribution in [2.75, 3.05) is 19.6 Å². The maximum absolute atomic E-state index is 11.9. The Morgan fingerprint density at radius 1 is 1.44 bits per heavy atom. The Bertz CT molecular complexity index is 354. The smallest absolute Gasteiger partial charge is 0.317 e. The highest BCUT2D eigenvalue weighted by atomic mass is 16.4. The first-order valence-corrected chi connectivity index (χ1v) is 6.63. The van der Waals surface area contributed by atoms with Gasteiger partial charge in [-0.05, 0) is 30.1 Å². The van der Waals surface area contributed by atoms with Gasteiger partial charge in [-0.1, -0.05) is 13.8 Å². The summed E-state index contributed by atoms with van der Waals surface area (Å²) in [5.74, 6) is -0.0635. The Balaban J connectivity index is 1.69. The average molecular weight is 254 g/mol. The molecule has 5 heteroatoms. The van der Waals surface area contributed by atoms with E-state index >= 15 is 0 Å². The van der Waals surface area contributed by atoms with Gasteiger partial charge in [-0.15, -0.1) is 0 Å². The topological polar surface area (TPSA) is 69.6 Å². The second-order valence-electron chi connectivity index (χ2n) is 6.27. The van der Waals surface area contributed by atoms with Crippen LogP contribution in [-0.4, -0.2) is 41.6 Å². The second-order valence-corrected chi connectivity index (χ2v) is 6.27. The Kier molecular flexibility index (Phi) is 3.50. The lowest BCUT2D eigenvalue weighted by molar-refractivity contribution is -0.138. The summed E-state index contributed by atoms with van der Waals surface area (Å²) in [5.41, 5.74) is 0.379. The molecule has 1 aliphatic heterocycles. The van der Waals surface area contributed by atoms with E-state index in [2.05, 4.69) is 19.2 Å². The maximum atomic E-state index is 11.9. The normalized spacial score (nSPS) is 29.1.